The van der Waals surface area contributed by atoms with Crippen LogP contribution in [0.4, 0.5) is 0 Å². The van der Waals surface area contributed by atoms with Crippen molar-refractivity contribution in [2.24, 2.45) is 5.73 Å². The van der Waals surface area contributed by atoms with Crippen molar-refractivity contribution >= 4 is 18.6 Å². The maximum atomic E-state index is 9.76. The number of thiol groups is 1. The summed E-state index contributed by atoms with van der Waals surface area (Å²) in [6, 6.07) is -0.816. The third-order valence-electron chi connectivity index (χ3n) is 1.76. The minimum atomic E-state index is -1.00. The standard InChI is InChI=1S/C5H10.C3H7NO2S/c1-2-4-5-3-1;4-2(1-7)3(5)6/h1-5H2;2,7H,1,4H2,(H,5,6). The molecule has 12 heavy (non-hydrogen) atoms. The Hall–Kier alpha value is -0.220. The molecule has 1 fully saturated rings. The number of hydrogen-bond donors (Lipinski definition) is 3. The molecule has 1 rings (SSSR count). The molecule has 1 unspecified atom stereocenters. The first-order valence-electron chi connectivity index (χ1n) is 4.27. The number of carboxylic acids is 1. The van der Waals surface area contributed by atoms with Crippen molar-refractivity contribution in [1.82, 2.24) is 0 Å². The van der Waals surface area contributed by atoms with Crippen LogP contribution in [-0.2, 0) is 4.79 Å². The Morgan fingerprint density at radius 2 is 1.67 bits per heavy atom. The lowest BCUT2D eigenvalue weighted by Crippen LogP contribution is -2.31. The molecule has 0 heterocycles. The predicted octanol–water partition coefficient (Wildman–Crippen LogP) is 1.28. The largest absolute Gasteiger partial charge is 0.480 e. The van der Waals surface area contributed by atoms with Crippen molar-refractivity contribution in [3.05, 3.63) is 0 Å². The Morgan fingerprint density at radius 1 is 1.33 bits per heavy atom. The minimum absolute atomic E-state index is 0.190. The minimum Gasteiger partial charge on any atom is -0.480 e. The van der Waals surface area contributed by atoms with Crippen LogP contribution in [0.3, 0.4) is 0 Å². The van der Waals surface area contributed by atoms with Gasteiger partial charge in [0.2, 0.25) is 0 Å². The third-order valence-corrected chi connectivity index (χ3v) is 2.16. The summed E-state index contributed by atoms with van der Waals surface area (Å²) in [7, 11) is 0. The second-order valence-corrected chi connectivity index (χ2v) is 3.26. The average molecular weight is 191 g/mol. The first-order chi connectivity index (χ1) is 5.68. The van der Waals surface area contributed by atoms with E-state index in [9.17, 15) is 4.79 Å². The maximum absolute atomic E-state index is 9.76. The van der Waals surface area contributed by atoms with E-state index < -0.39 is 12.0 Å². The van der Waals surface area contributed by atoms with E-state index in [-0.39, 0.29) is 5.75 Å². The Kier molecular flexibility index (Phi) is 7.29. The van der Waals surface area contributed by atoms with Gasteiger partial charge in [-0.2, -0.15) is 12.6 Å². The number of nitrogens with two attached hydrogens (primary N) is 1. The molecule has 0 aromatic rings. The zero-order valence-electron chi connectivity index (χ0n) is 7.20. The summed E-state index contributed by atoms with van der Waals surface area (Å²) < 4.78 is 0. The van der Waals surface area contributed by atoms with Gasteiger partial charge in [0.05, 0.1) is 0 Å². The molecule has 0 aliphatic heterocycles. The second kappa shape index (κ2) is 7.43. The quantitative estimate of drug-likeness (QED) is 0.576. The molecule has 0 amide bonds. The lowest BCUT2D eigenvalue weighted by Gasteiger charge is -1.96. The van der Waals surface area contributed by atoms with E-state index in [0.29, 0.717) is 0 Å². The van der Waals surface area contributed by atoms with Gasteiger partial charge in [-0.3, -0.25) is 4.79 Å². The fourth-order valence-corrected chi connectivity index (χ4v) is 1.12. The van der Waals surface area contributed by atoms with E-state index in [1.165, 1.54) is 32.1 Å². The Bertz CT molecular complexity index is 119. The van der Waals surface area contributed by atoms with E-state index in [4.69, 9.17) is 10.8 Å². The first-order valence-corrected chi connectivity index (χ1v) is 4.91. The number of rotatable bonds is 2. The van der Waals surface area contributed by atoms with Crippen LogP contribution in [0.25, 0.3) is 0 Å². The molecule has 1 saturated carbocycles. The van der Waals surface area contributed by atoms with Gasteiger partial charge in [-0.05, 0) is 0 Å². The predicted molar refractivity (Wildman–Crippen MR) is 52.5 cm³/mol. The summed E-state index contributed by atoms with van der Waals surface area (Å²) in [5, 5.41) is 8.01. The van der Waals surface area contributed by atoms with Crippen molar-refractivity contribution in [1.29, 1.82) is 0 Å². The highest BCUT2D eigenvalue weighted by Crippen LogP contribution is 2.15. The van der Waals surface area contributed by atoms with Gasteiger partial charge in [0.15, 0.2) is 0 Å². The Labute approximate surface area is 78.7 Å². The topological polar surface area (TPSA) is 63.3 Å². The number of carbonyl (C=O) groups is 1. The van der Waals surface area contributed by atoms with Crippen LogP contribution in [0, 0.1) is 0 Å². The first kappa shape index (κ1) is 11.8. The molecule has 0 radical (unpaired) electrons. The van der Waals surface area contributed by atoms with Gasteiger partial charge < -0.3 is 10.8 Å². The van der Waals surface area contributed by atoms with Crippen LogP contribution in [0.15, 0.2) is 0 Å². The van der Waals surface area contributed by atoms with Gasteiger partial charge in [0.1, 0.15) is 6.04 Å². The van der Waals surface area contributed by atoms with Gasteiger partial charge in [-0.15, -0.1) is 0 Å². The van der Waals surface area contributed by atoms with Crippen LogP contribution in [-0.4, -0.2) is 22.9 Å². The van der Waals surface area contributed by atoms with Gasteiger partial charge in [-0.1, -0.05) is 32.1 Å². The molecule has 0 spiro atoms. The Morgan fingerprint density at radius 3 is 1.75 bits per heavy atom. The molecule has 1 aliphatic rings. The number of aliphatic carboxylic acids is 1. The second-order valence-electron chi connectivity index (χ2n) is 2.90. The molecule has 0 aromatic heterocycles. The van der Waals surface area contributed by atoms with Crippen LogP contribution in [0.5, 0.6) is 0 Å². The third kappa shape index (κ3) is 6.49. The lowest BCUT2D eigenvalue weighted by molar-refractivity contribution is -0.137. The van der Waals surface area contributed by atoms with Crippen LogP contribution >= 0.6 is 12.6 Å². The summed E-state index contributed by atoms with van der Waals surface area (Å²) in [4.78, 5) is 9.76. The summed E-state index contributed by atoms with van der Waals surface area (Å²) in [6.45, 7) is 0. The van der Waals surface area contributed by atoms with Gasteiger partial charge in [0, 0.05) is 5.75 Å². The summed E-state index contributed by atoms with van der Waals surface area (Å²) in [5.74, 6) is -0.815. The zero-order valence-corrected chi connectivity index (χ0v) is 8.09. The Balaban J connectivity index is 0.000000211. The average Bonchev–Trinajstić information content (AvgIpc) is 2.59. The lowest BCUT2D eigenvalue weighted by atomic mass is 10.4. The zero-order chi connectivity index (χ0) is 9.40. The smallest absolute Gasteiger partial charge is 0.321 e. The van der Waals surface area contributed by atoms with E-state index in [2.05, 4.69) is 12.6 Å². The van der Waals surface area contributed by atoms with Gasteiger partial charge in [0.25, 0.3) is 0 Å². The van der Waals surface area contributed by atoms with Crippen LogP contribution < -0.4 is 5.73 Å². The van der Waals surface area contributed by atoms with E-state index in [1.54, 1.807) is 0 Å². The fourth-order valence-electron chi connectivity index (χ4n) is 0.962. The van der Waals surface area contributed by atoms with E-state index >= 15 is 0 Å². The van der Waals surface area contributed by atoms with Gasteiger partial charge in [-0.25, -0.2) is 0 Å². The highest BCUT2D eigenvalue weighted by molar-refractivity contribution is 7.80. The molecular weight excluding hydrogens is 174 g/mol. The molecule has 1 atom stereocenters. The fraction of sp³-hybridized carbons (Fsp3) is 0.875. The SMILES string of the molecule is C1CCCC1.NC(CS)C(=O)O. The van der Waals surface area contributed by atoms with Crippen LogP contribution in [0.2, 0.25) is 0 Å². The van der Waals surface area contributed by atoms with E-state index in [1.807, 2.05) is 0 Å². The highest BCUT2D eigenvalue weighted by atomic mass is 32.1. The molecule has 0 bridgehead atoms. The van der Waals surface area contributed by atoms with Crippen molar-refractivity contribution < 1.29 is 9.90 Å². The molecule has 0 saturated heterocycles. The van der Waals surface area contributed by atoms with Crippen molar-refractivity contribution in [2.75, 3.05) is 5.75 Å². The molecule has 3 N–H and O–H groups in total. The van der Waals surface area contributed by atoms with Gasteiger partial charge >= 0.3 is 5.97 Å². The molecule has 4 heteroatoms. The highest BCUT2D eigenvalue weighted by Gasteiger charge is 2.06. The molecule has 0 aromatic carbocycles. The number of hydrogen-bond acceptors (Lipinski definition) is 3. The maximum Gasteiger partial charge on any atom is 0.321 e. The molecular formula is C8H17NO2S. The summed E-state index contributed by atoms with van der Waals surface area (Å²) in [5.41, 5.74) is 4.94. The molecule has 1 aliphatic carbocycles. The summed E-state index contributed by atoms with van der Waals surface area (Å²) >= 11 is 3.65. The monoisotopic (exact) mass is 191 g/mol. The van der Waals surface area contributed by atoms with Crippen LogP contribution in [0.1, 0.15) is 32.1 Å². The normalized spacial score (nSPS) is 17.8. The van der Waals surface area contributed by atoms with Crippen molar-refractivity contribution in [2.45, 2.75) is 38.1 Å². The summed E-state index contributed by atoms with van der Waals surface area (Å²) in [6.07, 6.45) is 7.50. The number of carboxylic acid groups (broad SMARTS) is 1. The van der Waals surface area contributed by atoms with Crippen molar-refractivity contribution in [3.8, 4) is 0 Å². The molecule has 72 valence electrons. The van der Waals surface area contributed by atoms with Crippen molar-refractivity contribution in [3.63, 3.8) is 0 Å². The van der Waals surface area contributed by atoms with E-state index in [0.717, 1.165) is 0 Å². The molecule has 3 nitrogen and oxygen atoms in total.